The van der Waals surface area contributed by atoms with Gasteiger partial charge in [-0.1, -0.05) is 24.3 Å². The number of halogens is 3. The average Bonchev–Trinajstić information content (AvgIpc) is 2.46. The van der Waals surface area contributed by atoms with E-state index in [-0.39, 0.29) is 11.6 Å². The number of hydrogen-bond donors (Lipinski definition) is 1. The third-order valence-corrected chi connectivity index (χ3v) is 3.28. The first-order valence-corrected chi connectivity index (χ1v) is 6.22. The number of rotatable bonds is 3. The van der Waals surface area contributed by atoms with Crippen LogP contribution in [0.15, 0.2) is 42.7 Å². The predicted octanol–water partition coefficient (Wildman–Crippen LogP) is 4.05. The minimum Gasteiger partial charge on any atom is -0.313 e. The molecular weight excluding hydrogens is 265 g/mol. The molecule has 1 unspecified atom stereocenters. The van der Waals surface area contributed by atoms with Crippen molar-refractivity contribution in [2.24, 2.45) is 0 Å². The maximum atomic E-state index is 13.0. The summed E-state index contributed by atoms with van der Waals surface area (Å²) in [5.41, 5.74) is 0.969. The highest BCUT2D eigenvalue weighted by molar-refractivity contribution is 5.67. The fourth-order valence-corrected chi connectivity index (χ4v) is 1.99. The smallest absolute Gasteiger partial charge is 0.313 e. The quantitative estimate of drug-likeness (QED) is 0.917. The Hall–Kier alpha value is -1.88. The van der Waals surface area contributed by atoms with Gasteiger partial charge in [-0.05, 0) is 31.2 Å². The molecule has 2 rings (SSSR count). The monoisotopic (exact) mass is 280 g/mol. The van der Waals surface area contributed by atoms with Crippen LogP contribution >= 0.6 is 0 Å². The van der Waals surface area contributed by atoms with E-state index < -0.39 is 11.7 Å². The first-order chi connectivity index (χ1) is 9.43. The zero-order chi connectivity index (χ0) is 14.8. The van der Waals surface area contributed by atoms with E-state index in [9.17, 15) is 13.2 Å². The fraction of sp³-hybridized carbons (Fsp3) is 0.267. The lowest BCUT2D eigenvalue weighted by atomic mass is 9.99. The van der Waals surface area contributed by atoms with Crippen molar-refractivity contribution in [2.45, 2.75) is 19.1 Å². The van der Waals surface area contributed by atoms with Crippen LogP contribution in [0.3, 0.4) is 0 Å². The van der Waals surface area contributed by atoms with Crippen molar-refractivity contribution < 1.29 is 13.2 Å². The maximum absolute atomic E-state index is 13.0. The van der Waals surface area contributed by atoms with E-state index >= 15 is 0 Å². The number of hydrogen-bond acceptors (Lipinski definition) is 2. The van der Waals surface area contributed by atoms with Gasteiger partial charge < -0.3 is 5.32 Å². The van der Waals surface area contributed by atoms with Gasteiger partial charge in [-0.15, -0.1) is 0 Å². The molecule has 1 aromatic heterocycles. The number of alkyl halides is 3. The van der Waals surface area contributed by atoms with Crippen molar-refractivity contribution in [1.82, 2.24) is 10.3 Å². The highest BCUT2D eigenvalue weighted by atomic mass is 19.4. The molecule has 106 valence electrons. The summed E-state index contributed by atoms with van der Waals surface area (Å²) in [6.45, 7) is 1.99. The van der Waals surface area contributed by atoms with Crippen molar-refractivity contribution in [1.29, 1.82) is 0 Å². The van der Waals surface area contributed by atoms with E-state index in [1.807, 2.05) is 26.1 Å². The molecule has 0 aliphatic carbocycles. The molecule has 1 heterocycles. The molecule has 0 saturated heterocycles. The van der Waals surface area contributed by atoms with Gasteiger partial charge in [0.15, 0.2) is 0 Å². The van der Waals surface area contributed by atoms with E-state index in [0.717, 1.165) is 17.8 Å². The molecular formula is C15H15F3N2. The van der Waals surface area contributed by atoms with Crippen molar-refractivity contribution in [3.8, 4) is 11.1 Å². The summed E-state index contributed by atoms with van der Waals surface area (Å²) in [5.74, 6) is 0. The van der Waals surface area contributed by atoms with E-state index in [1.54, 1.807) is 12.1 Å². The van der Waals surface area contributed by atoms with Crippen molar-refractivity contribution in [3.05, 3.63) is 53.9 Å². The topological polar surface area (TPSA) is 24.9 Å². The number of nitrogens with zero attached hydrogens (tertiary/aromatic N) is 1. The van der Waals surface area contributed by atoms with Crippen molar-refractivity contribution in [3.63, 3.8) is 0 Å². The molecule has 0 aliphatic rings. The van der Waals surface area contributed by atoms with Crippen LogP contribution in [0.5, 0.6) is 0 Å². The van der Waals surface area contributed by atoms with Crippen LogP contribution in [-0.2, 0) is 6.18 Å². The minimum atomic E-state index is -4.38. The van der Waals surface area contributed by atoms with Gasteiger partial charge in [0.2, 0.25) is 0 Å². The zero-order valence-electron chi connectivity index (χ0n) is 11.2. The Balaban J connectivity index is 2.42. The van der Waals surface area contributed by atoms with Crippen LogP contribution in [0.4, 0.5) is 13.2 Å². The van der Waals surface area contributed by atoms with Gasteiger partial charge in [0.05, 0.1) is 5.56 Å². The molecule has 1 atom stereocenters. The molecule has 0 fully saturated rings. The Kier molecular flexibility index (Phi) is 4.09. The Labute approximate surface area is 115 Å². The van der Waals surface area contributed by atoms with Gasteiger partial charge in [0.25, 0.3) is 0 Å². The highest BCUT2D eigenvalue weighted by Gasteiger charge is 2.33. The van der Waals surface area contributed by atoms with Gasteiger partial charge >= 0.3 is 6.18 Å². The van der Waals surface area contributed by atoms with E-state index in [4.69, 9.17) is 0 Å². The summed E-state index contributed by atoms with van der Waals surface area (Å²) in [7, 11) is 1.83. The van der Waals surface area contributed by atoms with Crippen LogP contribution in [0.2, 0.25) is 0 Å². The second-order valence-corrected chi connectivity index (χ2v) is 4.55. The fourth-order valence-electron chi connectivity index (χ4n) is 1.99. The Morgan fingerprint density at radius 3 is 2.30 bits per heavy atom. The molecule has 0 aliphatic heterocycles. The summed E-state index contributed by atoms with van der Waals surface area (Å²) >= 11 is 0. The molecule has 2 aromatic rings. The summed E-state index contributed by atoms with van der Waals surface area (Å²) < 4.78 is 38.9. The standard InChI is InChI=1S/C15H15F3N2/c1-10(19-2)11-3-5-12(6-4-11)13-9-20-8-7-14(13)15(16,17)18/h3-10,19H,1-2H3. The van der Waals surface area contributed by atoms with Crippen LogP contribution in [0.1, 0.15) is 24.1 Å². The van der Waals surface area contributed by atoms with Gasteiger partial charge in [-0.3, -0.25) is 4.98 Å². The number of pyridine rings is 1. The Morgan fingerprint density at radius 2 is 1.75 bits per heavy atom. The summed E-state index contributed by atoms with van der Waals surface area (Å²) in [4.78, 5) is 3.80. The summed E-state index contributed by atoms with van der Waals surface area (Å²) in [6, 6.07) is 8.18. The van der Waals surface area contributed by atoms with Crippen LogP contribution in [0.25, 0.3) is 11.1 Å². The van der Waals surface area contributed by atoms with E-state index in [0.29, 0.717) is 5.56 Å². The van der Waals surface area contributed by atoms with Crippen molar-refractivity contribution in [2.75, 3.05) is 7.05 Å². The largest absolute Gasteiger partial charge is 0.417 e. The first kappa shape index (κ1) is 14.5. The van der Waals surface area contributed by atoms with Crippen LogP contribution in [0, 0.1) is 0 Å². The second-order valence-electron chi connectivity index (χ2n) is 4.55. The second kappa shape index (κ2) is 5.63. The molecule has 0 bridgehead atoms. The third-order valence-electron chi connectivity index (χ3n) is 3.28. The molecule has 1 aromatic carbocycles. The molecule has 0 saturated carbocycles. The first-order valence-electron chi connectivity index (χ1n) is 6.22. The lowest BCUT2D eigenvalue weighted by molar-refractivity contribution is -0.137. The molecule has 0 amide bonds. The summed E-state index contributed by atoms with van der Waals surface area (Å²) in [5, 5.41) is 3.08. The lowest BCUT2D eigenvalue weighted by Crippen LogP contribution is -2.12. The van der Waals surface area contributed by atoms with Crippen LogP contribution < -0.4 is 5.32 Å². The normalized spacial score (nSPS) is 13.2. The molecule has 2 nitrogen and oxygen atoms in total. The molecule has 5 heteroatoms. The molecule has 20 heavy (non-hydrogen) atoms. The zero-order valence-corrected chi connectivity index (χ0v) is 11.2. The summed E-state index contributed by atoms with van der Waals surface area (Å²) in [6.07, 6.45) is -1.97. The maximum Gasteiger partial charge on any atom is 0.417 e. The van der Waals surface area contributed by atoms with Crippen LogP contribution in [-0.4, -0.2) is 12.0 Å². The SMILES string of the molecule is CNC(C)c1ccc(-c2cnccc2C(F)(F)F)cc1. The predicted molar refractivity (Wildman–Crippen MR) is 72.1 cm³/mol. The molecule has 1 N–H and O–H groups in total. The highest BCUT2D eigenvalue weighted by Crippen LogP contribution is 2.36. The lowest BCUT2D eigenvalue weighted by Gasteiger charge is -2.14. The van der Waals surface area contributed by atoms with Gasteiger partial charge in [-0.25, -0.2) is 0 Å². The third kappa shape index (κ3) is 2.99. The Morgan fingerprint density at radius 1 is 1.10 bits per heavy atom. The van der Waals surface area contributed by atoms with E-state index in [2.05, 4.69) is 10.3 Å². The van der Waals surface area contributed by atoms with Gasteiger partial charge in [0, 0.05) is 24.0 Å². The van der Waals surface area contributed by atoms with Gasteiger partial charge in [-0.2, -0.15) is 13.2 Å². The van der Waals surface area contributed by atoms with Crippen molar-refractivity contribution >= 4 is 0 Å². The Bertz CT molecular complexity index is 576. The minimum absolute atomic E-state index is 0.101. The molecule has 0 radical (unpaired) electrons. The average molecular weight is 280 g/mol. The van der Waals surface area contributed by atoms with E-state index in [1.165, 1.54) is 6.20 Å². The number of benzene rings is 1. The number of nitrogens with one attached hydrogen (secondary N) is 1. The van der Waals surface area contributed by atoms with Gasteiger partial charge in [0.1, 0.15) is 0 Å². The number of aromatic nitrogens is 1. The molecule has 0 spiro atoms.